The number of rotatable bonds is 0. The summed E-state index contributed by atoms with van der Waals surface area (Å²) in [6.45, 7) is 8.77. The van der Waals surface area contributed by atoms with E-state index in [4.69, 9.17) is 28.4 Å². The second kappa shape index (κ2) is 8.90. The van der Waals surface area contributed by atoms with Crippen molar-refractivity contribution in [2.45, 2.75) is 95.8 Å². The van der Waals surface area contributed by atoms with Gasteiger partial charge in [-0.2, -0.15) is 0 Å². The molecule has 4 heterocycles. The number of allylic oxidation sites excluding steroid dienone is 3. The summed E-state index contributed by atoms with van der Waals surface area (Å²) in [4.78, 5) is 26.0. The van der Waals surface area contributed by atoms with Crippen LogP contribution < -0.4 is 0 Å². The second-order valence-corrected chi connectivity index (χ2v) is 11.7. The summed E-state index contributed by atoms with van der Waals surface area (Å²) in [6.07, 6.45) is 11.3. The zero-order valence-corrected chi connectivity index (χ0v) is 21.9. The van der Waals surface area contributed by atoms with Gasteiger partial charge in [0.1, 0.15) is 24.4 Å². The summed E-state index contributed by atoms with van der Waals surface area (Å²) < 4.78 is 36.8. The summed E-state index contributed by atoms with van der Waals surface area (Å²) >= 11 is 0. The smallest absolute Gasteiger partial charge is 0.331 e. The largest absolute Gasteiger partial charge is 0.462 e. The first-order valence-electron chi connectivity index (χ1n) is 13.3. The maximum atomic E-state index is 13.0. The molecule has 0 aromatic carbocycles. The van der Waals surface area contributed by atoms with E-state index in [-0.39, 0.29) is 31.0 Å². The molecule has 0 radical (unpaired) electrons. The molecule has 0 amide bonds. The minimum atomic E-state index is -0.590. The Hall–Kier alpha value is -2.26. The zero-order chi connectivity index (χ0) is 26.0. The van der Waals surface area contributed by atoms with Crippen LogP contribution in [0.5, 0.6) is 0 Å². The molecule has 9 atom stereocenters. The minimum absolute atomic E-state index is 0.147. The third-order valence-corrected chi connectivity index (χ3v) is 9.58. The lowest BCUT2D eigenvalue weighted by molar-refractivity contribution is -0.232. The number of esters is 2. The van der Waals surface area contributed by atoms with Crippen LogP contribution in [0.3, 0.4) is 0 Å². The van der Waals surface area contributed by atoms with Gasteiger partial charge in [-0.1, -0.05) is 42.4 Å². The Labute approximate surface area is 217 Å². The van der Waals surface area contributed by atoms with Crippen LogP contribution in [-0.2, 0) is 38.0 Å². The van der Waals surface area contributed by atoms with Crippen molar-refractivity contribution in [1.29, 1.82) is 0 Å². The van der Waals surface area contributed by atoms with E-state index in [1.54, 1.807) is 12.2 Å². The fraction of sp³-hybridized carbons (Fsp3) is 0.655. The predicted octanol–water partition coefficient (Wildman–Crippen LogP) is 3.71. The molecule has 37 heavy (non-hydrogen) atoms. The van der Waals surface area contributed by atoms with Crippen LogP contribution in [0.2, 0.25) is 0 Å². The van der Waals surface area contributed by atoms with Crippen molar-refractivity contribution in [2.24, 2.45) is 10.8 Å². The first-order chi connectivity index (χ1) is 17.7. The summed E-state index contributed by atoms with van der Waals surface area (Å²) in [5.74, 6) is -0.828. The standard InChI is InChI=1S/C29H36O8/c1-17-9-10-28-15-32-25(31)12-18(2)13-26-34-19(3)20(35-26)7-5-6-8-24(30)37-21-14-23(36-22(28)11-17)29(16-33-29)27(21,28)4/h5-8,11-12,19-23,26H,9-10,13-16H2,1-4H3/b7-5+,8-6-,18-12+/t19-,20-,21-,22-,23-,26-,27-,28-,29-/m1/s1. The second-order valence-electron chi connectivity index (χ2n) is 11.7. The lowest BCUT2D eigenvalue weighted by Crippen LogP contribution is -2.66. The molecule has 6 rings (SSSR count). The average Bonchev–Trinajstić information content (AvgIpc) is 3.54. The van der Waals surface area contributed by atoms with Gasteiger partial charge in [0.2, 0.25) is 0 Å². The van der Waals surface area contributed by atoms with Crippen molar-refractivity contribution in [3.8, 4) is 0 Å². The Morgan fingerprint density at radius 3 is 2.57 bits per heavy atom. The Kier molecular flexibility index (Phi) is 6.02. The van der Waals surface area contributed by atoms with Gasteiger partial charge in [0.05, 0.1) is 30.3 Å². The van der Waals surface area contributed by atoms with Crippen molar-refractivity contribution < 1.29 is 38.0 Å². The topological polar surface area (TPSA) is 92.8 Å². The summed E-state index contributed by atoms with van der Waals surface area (Å²) in [5, 5.41) is 0. The van der Waals surface area contributed by atoms with Gasteiger partial charge in [0, 0.05) is 30.4 Å². The maximum Gasteiger partial charge on any atom is 0.331 e. The van der Waals surface area contributed by atoms with Gasteiger partial charge in [0.15, 0.2) is 6.29 Å². The highest BCUT2D eigenvalue weighted by atomic mass is 16.7. The normalized spacial score (nSPS) is 50.5. The van der Waals surface area contributed by atoms with Crippen LogP contribution in [0, 0.1) is 10.8 Å². The number of hydrogen-bond acceptors (Lipinski definition) is 8. The Bertz CT molecular complexity index is 1100. The van der Waals surface area contributed by atoms with E-state index in [1.807, 2.05) is 19.9 Å². The van der Waals surface area contributed by atoms with Gasteiger partial charge >= 0.3 is 11.9 Å². The average molecular weight is 513 g/mol. The third kappa shape index (κ3) is 3.87. The number of fused-ring (bicyclic) bond motifs is 2. The van der Waals surface area contributed by atoms with Crippen molar-refractivity contribution in [3.63, 3.8) is 0 Å². The van der Waals surface area contributed by atoms with E-state index in [0.29, 0.717) is 19.4 Å². The van der Waals surface area contributed by atoms with Crippen LogP contribution in [0.25, 0.3) is 0 Å². The molecular formula is C29H36O8. The van der Waals surface area contributed by atoms with E-state index in [0.717, 1.165) is 18.4 Å². The fourth-order valence-electron chi connectivity index (χ4n) is 7.32. The number of hydrogen-bond donors (Lipinski definition) is 0. The number of ether oxygens (including phenoxy) is 6. The van der Waals surface area contributed by atoms with Crippen LogP contribution in [0.15, 0.2) is 47.6 Å². The lowest BCUT2D eigenvalue weighted by atomic mass is 9.51. The minimum Gasteiger partial charge on any atom is -0.462 e. The van der Waals surface area contributed by atoms with Crippen molar-refractivity contribution in [2.75, 3.05) is 13.2 Å². The Balaban J connectivity index is 1.37. The SMILES string of the molecule is CC1=C[C@H]2O[C@@H]3C[C@H]4OC(=O)/C=C\C=C\[C@H]5O[C@H](C/C(C)=C/C(=O)OC[C@@]2(CC1)[C@]4(C)[C@@]31CO1)O[C@@H]5C. The molecule has 4 bridgehead atoms. The molecular weight excluding hydrogens is 476 g/mol. The van der Waals surface area contributed by atoms with Gasteiger partial charge in [0.25, 0.3) is 0 Å². The van der Waals surface area contributed by atoms with Crippen molar-refractivity contribution >= 4 is 11.9 Å². The van der Waals surface area contributed by atoms with E-state index in [1.165, 1.54) is 17.7 Å². The van der Waals surface area contributed by atoms with Crippen molar-refractivity contribution in [3.05, 3.63) is 47.6 Å². The maximum absolute atomic E-state index is 13.0. The molecule has 0 aromatic rings. The van der Waals surface area contributed by atoms with E-state index < -0.39 is 40.8 Å². The van der Waals surface area contributed by atoms with Crippen LogP contribution in [-0.4, -0.2) is 67.6 Å². The van der Waals surface area contributed by atoms with Crippen LogP contribution in [0.4, 0.5) is 0 Å². The molecule has 2 spiro atoms. The quantitative estimate of drug-likeness (QED) is 0.276. The molecule has 6 aliphatic rings. The van der Waals surface area contributed by atoms with E-state index in [2.05, 4.69) is 19.9 Å². The summed E-state index contributed by atoms with van der Waals surface area (Å²) in [6, 6.07) is 0. The molecule has 200 valence electrons. The lowest BCUT2D eigenvalue weighted by Gasteiger charge is -2.58. The number of carbonyl (C=O) groups excluding carboxylic acids is 2. The number of epoxide rings is 1. The third-order valence-electron chi connectivity index (χ3n) is 9.58. The van der Waals surface area contributed by atoms with Gasteiger partial charge in [-0.3, -0.25) is 0 Å². The monoisotopic (exact) mass is 512 g/mol. The molecule has 4 fully saturated rings. The summed E-state index contributed by atoms with van der Waals surface area (Å²) in [7, 11) is 0. The van der Waals surface area contributed by atoms with Crippen molar-refractivity contribution in [1.82, 2.24) is 0 Å². The van der Waals surface area contributed by atoms with Gasteiger partial charge in [-0.15, -0.1) is 0 Å². The van der Waals surface area contributed by atoms with Gasteiger partial charge in [-0.25, -0.2) is 9.59 Å². The predicted molar refractivity (Wildman–Crippen MR) is 132 cm³/mol. The molecule has 4 aliphatic heterocycles. The Morgan fingerprint density at radius 2 is 1.78 bits per heavy atom. The highest BCUT2D eigenvalue weighted by Crippen LogP contribution is 2.72. The fourth-order valence-corrected chi connectivity index (χ4v) is 7.32. The molecule has 2 aliphatic carbocycles. The van der Waals surface area contributed by atoms with Crippen LogP contribution >= 0.6 is 0 Å². The van der Waals surface area contributed by atoms with E-state index in [9.17, 15) is 9.59 Å². The molecule has 1 saturated carbocycles. The number of cyclic esters (lactones) is 1. The molecule has 8 nitrogen and oxygen atoms in total. The Morgan fingerprint density at radius 1 is 0.973 bits per heavy atom. The van der Waals surface area contributed by atoms with Gasteiger partial charge in [-0.05, 0) is 33.6 Å². The first-order valence-corrected chi connectivity index (χ1v) is 13.3. The molecule has 0 N–H and O–H groups in total. The van der Waals surface area contributed by atoms with E-state index >= 15 is 0 Å². The highest BCUT2D eigenvalue weighted by molar-refractivity contribution is 5.83. The molecule has 3 saturated heterocycles. The summed E-state index contributed by atoms with van der Waals surface area (Å²) in [5.41, 5.74) is 0.362. The first kappa shape index (κ1) is 25.0. The number of carbonyl (C=O) groups is 2. The highest BCUT2D eigenvalue weighted by Gasteiger charge is 2.83. The van der Waals surface area contributed by atoms with Crippen LogP contribution in [0.1, 0.15) is 53.4 Å². The molecule has 0 aromatic heterocycles. The molecule has 8 heteroatoms. The zero-order valence-electron chi connectivity index (χ0n) is 21.9. The molecule has 0 unspecified atom stereocenters. The van der Waals surface area contributed by atoms with Gasteiger partial charge < -0.3 is 28.4 Å².